The molecule has 16 nitrogen and oxygen atoms in total. The highest BCUT2D eigenvalue weighted by molar-refractivity contribution is 5.85. The normalized spacial score (nSPS) is 27.3. The first-order valence-electron chi connectivity index (χ1n) is 35.4. The lowest BCUT2D eigenvalue weighted by Crippen LogP contribution is -2.41. The monoisotopic (exact) mass is 1300 g/mol. The van der Waals surface area contributed by atoms with Gasteiger partial charge in [0.25, 0.3) is 0 Å². The van der Waals surface area contributed by atoms with Gasteiger partial charge in [-0.2, -0.15) is 0 Å². The van der Waals surface area contributed by atoms with E-state index in [1.807, 2.05) is 26.2 Å². The molecule has 2 N–H and O–H groups in total. The van der Waals surface area contributed by atoms with E-state index in [-0.39, 0.29) is 83.4 Å². The molecule has 0 aromatic heterocycles. The summed E-state index contributed by atoms with van der Waals surface area (Å²) in [5.41, 5.74) is 4.22. The van der Waals surface area contributed by atoms with Crippen LogP contribution >= 0.6 is 0 Å². The molecule has 2 aromatic rings. The average molecular weight is 1310 g/mol. The smallest absolute Gasteiger partial charge is 0.310 e. The minimum atomic E-state index is -0.991. The Labute approximate surface area is 560 Å². The summed E-state index contributed by atoms with van der Waals surface area (Å²) in [7, 11) is 3.56. The number of epoxide rings is 2. The Morgan fingerprint density at radius 3 is 1.26 bits per heavy atom. The summed E-state index contributed by atoms with van der Waals surface area (Å²) >= 11 is 0. The maximum absolute atomic E-state index is 13.2. The molecule has 6 fully saturated rings. The minimum Gasteiger partial charge on any atom is -0.496 e. The quantitative estimate of drug-likeness (QED) is 0.0602. The lowest BCUT2D eigenvalue weighted by Gasteiger charge is -2.46. The van der Waals surface area contributed by atoms with Crippen LogP contribution in [-0.4, -0.2) is 131 Å². The van der Waals surface area contributed by atoms with Crippen molar-refractivity contribution in [1.29, 1.82) is 0 Å². The van der Waals surface area contributed by atoms with Crippen LogP contribution in [0.2, 0.25) is 0 Å². The number of carbonyl (C=O) groups is 4. The fourth-order valence-electron chi connectivity index (χ4n) is 14.2. The molecule has 2 aliphatic heterocycles. The molecule has 8 rings (SSSR count). The molecule has 4 aliphatic carbocycles. The highest BCUT2D eigenvalue weighted by Crippen LogP contribution is 2.50. The van der Waals surface area contributed by atoms with Crippen LogP contribution in [-0.2, 0) is 69.3 Å². The predicted octanol–water partition coefficient (Wildman–Crippen LogP) is 14.7. The summed E-state index contributed by atoms with van der Waals surface area (Å²) in [6.45, 7) is 40.8. The molecule has 10 unspecified atom stereocenters. The molecular weight excluding hydrogens is 1180 g/mol. The average Bonchev–Trinajstić information content (AvgIpc) is 1.80. The minimum absolute atomic E-state index is 0.00341. The van der Waals surface area contributed by atoms with Gasteiger partial charge in [0.05, 0.1) is 50.3 Å². The summed E-state index contributed by atoms with van der Waals surface area (Å²) in [6.07, 6.45) is 13.0. The van der Waals surface area contributed by atoms with E-state index >= 15 is 0 Å². The van der Waals surface area contributed by atoms with Gasteiger partial charge >= 0.3 is 17.9 Å². The molecule has 16 heteroatoms. The largest absolute Gasteiger partial charge is 0.496 e. The van der Waals surface area contributed by atoms with E-state index in [1.165, 1.54) is 43.7 Å². The van der Waals surface area contributed by atoms with Gasteiger partial charge in [-0.1, -0.05) is 118 Å². The third-order valence-electron chi connectivity index (χ3n) is 20.7. The summed E-state index contributed by atoms with van der Waals surface area (Å²) in [5.74, 6) is 2.93. The number of aliphatic hydroxyl groups excluding tert-OH is 2. The van der Waals surface area contributed by atoms with Crippen molar-refractivity contribution in [3.05, 3.63) is 46.5 Å². The second-order valence-corrected chi connectivity index (χ2v) is 33.0. The first kappa shape index (κ1) is 77.5. The van der Waals surface area contributed by atoms with Crippen LogP contribution in [0.1, 0.15) is 243 Å². The Kier molecular flexibility index (Phi) is 28.1. The summed E-state index contributed by atoms with van der Waals surface area (Å²) in [5, 5.41) is 20.4. The molecule has 0 radical (unpaired) electrons. The fourth-order valence-corrected chi connectivity index (χ4v) is 14.2. The van der Waals surface area contributed by atoms with Crippen molar-refractivity contribution >= 4 is 23.7 Å². The maximum atomic E-state index is 13.2. The second-order valence-electron chi connectivity index (χ2n) is 33.0. The van der Waals surface area contributed by atoms with Gasteiger partial charge in [-0.15, -0.1) is 0 Å². The van der Waals surface area contributed by atoms with Crippen LogP contribution < -0.4 is 18.9 Å². The molecule has 2 aromatic carbocycles. The van der Waals surface area contributed by atoms with Crippen LogP contribution in [0.3, 0.4) is 0 Å². The Balaban J connectivity index is 0.000000230. The Morgan fingerprint density at radius 1 is 0.484 bits per heavy atom. The van der Waals surface area contributed by atoms with Gasteiger partial charge in [-0.05, 0) is 178 Å². The predicted molar refractivity (Wildman–Crippen MR) is 363 cm³/mol. The van der Waals surface area contributed by atoms with E-state index in [2.05, 4.69) is 123 Å². The van der Waals surface area contributed by atoms with Crippen molar-refractivity contribution in [3.63, 3.8) is 0 Å². The zero-order chi connectivity index (χ0) is 69.0. The Bertz CT molecular complexity index is 2700. The topological polar surface area (TPSA) is 208 Å². The Hall–Kier alpha value is -4.48. The summed E-state index contributed by atoms with van der Waals surface area (Å²) < 4.78 is 56.9. The molecule has 2 heterocycles. The molecule has 0 spiro atoms. The van der Waals surface area contributed by atoms with Crippen molar-refractivity contribution < 1.29 is 76.8 Å². The van der Waals surface area contributed by atoms with E-state index in [1.54, 1.807) is 7.11 Å². The number of ether oxygens (including phenoxy) is 10. The molecule has 4 saturated carbocycles. The fraction of sp³-hybridized carbons (Fsp3) is 0.792. The third kappa shape index (κ3) is 23.1. The number of carbonyl (C=O) groups excluding carboxylic acids is 4. The van der Waals surface area contributed by atoms with E-state index in [0.29, 0.717) is 80.3 Å². The number of rotatable bonds is 23. The number of esters is 3. The van der Waals surface area contributed by atoms with Crippen LogP contribution in [0.4, 0.5) is 0 Å². The van der Waals surface area contributed by atoms with Crippen LogP contribution in [0.5, 0.6) is 23.0 Å². The number of methoxy groups -OCH3 is 2. The van der Waals surface area contributed by atoms with Gasteiger partial charge in [0.15, 0.2) is 0 Å². The van der Waals surface area contributed by atoms with Crippen LogP contribution in [0.25, 0.3) is 0 Å². The van der Waals surface area contributed by atoms with Crippen molar-refractivity contribution in [2.45, 2.75) is 279 Å². The first-order valence-corrected chi connectivity index (χ1v) is 35.4. The van der Waals surface area contributed by atoms with Crippen molar-refractivity contribution in [1.82, 2.24) is 0 Å². The number of Topliss-reactive ketones (excluding diaryl/α,β-unsaturated/α-hetero) is 1. The van der Waals surface area contributed by atoms with Crippen LogP contribution in [0, 0.1) is 52.8 Å². The van der Waals surface area contributed by atoms with Crippen molar-refractivity contribution in [2.75, 3.05) is 60.5 Å². The summed E-state index contributed by atoms with van der Waals surface area (Å²) in [6, 6.07) is 8.31. The Morgan fingerprint density at radius 2 is 0.860 bits per heavy atom. The standard InChI is InChI=1S/C30H46O7.C29H50O6.C18H28O3/c1-18-9-10-22(19(2)31)23(11-18)28(33)37-15-20(32)14-35-26-12-25(30(6,7)8)27(36-17-21-16-34-21)13-24(26)29(3,4)5;1-6-22(30)18-34-27(31)25-16-7-19(2)17-26(25)28(32)35-24-14-10-21(11-15-24)29(3,4)20-8-12-23(33-5)13-9-20;1-17(2,3)13-9-16(21-11-12-10-20-12)14(18(4,5)6)8-15(13)19-7/h12-13,18,20-23,32H,9-11,14-17H2,1-8H3;19-26,30H,6-18H2,1-5H3;8-9,12H,10-11H2,1-7H3. The van der Waals surface area contributed by atoms with Crippen LogP contribution in [0.15, 0.2) is 24.3 Å². The number of aliphatic hydroxyl groups is 2. The van der Waals surface area contributed by atoms with Gasteiger partial charge in [-0.3, -0.25) is 19.2 Å². The van der Waals surface area contributed by atoms with Gasteiger partial charge in [0.2, 0.25) is 0 Å². The van der Waals surface area contributed by atoms with E-state index in [9.17, 15) is 29.4 Å². The maximum Gasteiger partial charge on any atom is 0.310 e. The van der Waals surface area contributed by atoms with E-state index < -0.39 is 35.9 Å². The lowest BCUT2D eigenvalue weighted by molar-refractivity contribution is -0.169. The molecule has 0 amide bonds. The van der Waals surface area contributed by atoms with Gasteiger partial charge in [0.1, 0.15) is 86.2 Å². The molecule has 6 aliphatic rings. The second kappa shape index (κ2) is 33.7. The van der Waals surface area contributed by atoms with Gasteiger partial charge in [-0.25, -0.2) is 0 Å². The third-order valence-corrected chi connectivity index (χ3v) is 20.7. The molecule has 93 heavy (non-hydrogen) atoms. The van der Waals surface area contributed by atoms with Crippen molar-refractivity contribution in [3.8, 4) is 23.0 Å². The number of hydrogen-bond donors (Lipinski definition) is 2. The molecule has 0 bridgehead atoms. The van der Waals surface area contributed by atoms with Gasteiger partial charge in [0, 0.05) is 35.3 Å². The molecule has 10 atom stereocenters. The van der Waals surface area contributed by atoms with Crippen molar-refractivity contribution in [2.24, 2.45) is 52.8 Å². The zero-order valence-corrected chi connectivity index (χ0v) is 61.1. The number of ketones is 1. The van der Waals surface area contributed by atoms with E-state index in [0.717, 1.165) is 86.0 Å². The zero-order valence-electron chi connectivity index (χ0n) is 61.1. The molecular formula is C77H124O16. The first-order chi connectivity index (χ1) is 43.4. The molecule has 528 valence electrons. The highest BCUT2D eigenvalue weighted by Gasteiger charge is 2.45. The van der Waals surface area contributed by atoms with E-state index in [4.69, 9.17) is 47.4 Å². The number of benzene rings is 2. The SMILES string of the molecule is CC(=O)C1CCC(C)CC1C(=O)OCC(O)COc1cc(C(C)(C)C)c(OCC2CO2)cc1C(C)(C)C.CCC(O)COC(=O)C1CCC(C)CC1C(=O)OC1CCC(C(C)(C)C2CCC(OC)CC2)CC1.COc1cc(C(C)(C)C)c(OCC2CO2)cc1C(C)(C)C. The molecule has 2 saturated heterocycles. The number of hydrogen-bond acceptors (Lipinski definition) is 16. The summed E-state index contributed by atoms with van der Waals surface area (Å²) in [4.78, 5) is 50.8. The lowest BCUT2D eigenvalue weighted by atomic mass is 9.60. The highest BCUT2D eigenvalue weighted by atomic mass is 16.6. The van der Waals surface area contributed by atoms with Gasteiger partial charge < -0.3 is 57.6 Å².